The highest BCUT2D eigenvalue weighted by Gasteiger charge is 2.32. The highest BCUT2D eigenvalue weighted by atomic mass is 32.2. The van der Waals surface area contributed by atoms with E-state index in [1.807, 2.05) is 41.3 Å². The molecule has 0 bridgehead atoms. The molecule has 0 unspecified atom stereocenters. The van der Waals surface area contributed by atoms with Gasteiger partial charge in [-0.15, -0.1) is 11.8 Å². The first kappa shape index (κ1) is 13.9. The molecule has 0 aliphatic carbocycles. The lowest BCUT2D eigenvalue weighted by Crippen LogP contribution is -2.27. The topological polar surface area (TPSA) is 42.4 Å². The van der Waals surface area contributed by atoms with Gasteiger partial charge in [0, 0.05) is 18.9 Å². The summed E-state index contributed by atoms with van der Waals surface area (Å²) in [7, 11) is 1.65. The lowest BCUT2D eigenvalue weighted by molar-refractivity contribution is -0.128. The van der Waals surface area contributed by atoms with E-state index in [1.54, 1.807) is 31.3 Å². The number of carbonyl (C=O) groups is 1. The summed E-state index contributed by atoms with van der Waals surface area (Å²) in [5.41, 5.74) is 2.22. The molecule has 2 aromatic rings. The summed E-state index contributed by atoms with van der Waals surface area (Å²) >= 11 is 1.66. The van der Waals surface area contributed by atoms with Gasteiger partial charge in [0.15, 0.2) is 0 Å². The van der Waals surface area contributed by atoms with Gasteiger partial charge < -0.3 is 9.64 Å². The Bertz CT molecular complexity index is 616. The number of nitrogens with zero attached hydrogens (tertiary/aromatic N) is 2. The Labute approximate surface area is 128 Å². The van der Waals surface area contributed by atoms with E-state index in [0.29, 0.717) is 12.3 Å². The van der Waals surface area contributed by atoms with Crippen LogP contribution in [0.1, 0.15) is 16.5 Å². The lowest BCUT2D eigenvalue weighted by Gasteiger charge is -2.24. The van der Waals surface area contributed by atoms with Crippen LogP contribution >= 0.6 is 11.8 Å². The van der Waals surface area contributed by atoms with E-state index in [9.17, 15) is 4.79 Å². The minimum absolute atomic E-state index is 0.0719. The molecule has 1 aromatic carbocycles. The van der Waals surface area contributed by atoms with Crippen molar-refractivity contribution in [2.45, 2.75) is 11.9 Å². The Morgan fingerprint density at radius 1 is 1.24 bits per heavy atom. The zero-order chi connectivity index (χ0) is 14.7. The van der Waals surface area contributed by atoms with Crippen LogP contribution in [0.15, 0.2) is 48.8 Å². The summed E-state index contributed by atoms with van der Waals surface area (Å²) in [6, 6.07) is 11.8. The Morgan fingerprint density at radius 2 is 1.95 bits per heavy atom. The van der Waals surface area contributed by atoms with Crippen LogP contribution in [0.3, 0.4) is 0 Å². The van der Waals surface area contributed by atoms with Crippen molar-refractivity contribution in [2.24, 2.45) is 0 Å². The molecule has 21 heavy (non-hydrogen) atoms. The monoisotopic (exact) mass is 300 g/mol. The smallest absolute Gasteiger partial charge is 0.234 e. The van der Waals surface area contributed by atoms with Crippen molar-refractivity contribution in [1.29, 1.82) is 0 Å². The molecular weight excluding hydrogens is 284 g/mol. The van der Waals surface area contributed by atoms with E-state index in [4.69, 9.17) is 4.74 Å². The number of hydrogen-bond acceptors (Lipinski definition) is 4. The zero-order valence-electron chi connectivity index (χ0n) is 11.7. The van der Waals surface area contributed by atoms with Crippen molar-refractivity contribution in [3.63, 3.8) is 0 Å². The number of methoxy groups -OCH3 is 1. The fraction of sp³-hybridized carbons (Fsp3) is 0.250. The van der Waals surface area contributed by atoms with Crippen LogP contribution in [0.4, 0.5) is 0 Å². The molecule has 3 rings (SSSR count). The molecule has 4 nitrogen and oxygen atoms in total. The van der Waals surface area contributed by atoms with Gasteiger partial charge in [-0.1, -0.05) is 12.1 Å². The molecule has 5 heteroatoms. The number of pyridine rings is 1. The number of hydrogen-bond donors (Lipinski definition) is 0. The molecule has 1 amide bonds. The van der Waals surface area contributed by atoms with E-state index in [1.165, 1.54) is 0 Å². The number of carbonyl (C=O) groups excluding carboxylic acids is 1. The van der Waals surface area contributed by atoms with E-state index in [-0.39, 0.29) is 11.3 Å². The highest BCUT2D eigenvalue weighted by molar-refractivity contribution is 8.00. The van der Waals surface area contributed by atoms with Gasteiger partial charge in [-0.2, -0.15) is 0 Å². The summed E-state index contributed by atoms with van der Waals surface area (Å²) in [6.07, 6.45) is 3.54. The first-order valence-corrected chi connectivity index (χ1v) is 7.77. The maximum Gasteiger partial charge on any atom is 0.234 e. The molecule has 0 spiro atoms. The molecule has 0 saturated carbocycles. The normalized spacial score (nSPS) is 18.0. The average Bonchev–Trinajstić information content (AvgIpc) is 2.90. The molecular formula is C16H16N2O2S. The van der Waals surface area contributed by atoms with Gasteiger partial charge >= 0.3 is 0 Å². The van der Waals surface area contributed by atoms with Crippen LogP contribution in [0.2, 0.25) is 0 Å². The Morgan fingerprint density at radius 3 is 2.62 bits per heavy atom. The second-order valence-electron chi connectivity index (χ2n) is 4.81. The standard InChI is InChI=1S/C16H16N2O2S/c1-20-14-4-2-12(3-5-14)10-18-15(19)11-21-16(18)13-6-8-17-9-7-13/h2-9,16H,10-11H2,1H3/t16-/m1/s1. The van der Waals surface area contributed by atoms with Crippen LogP contribution in [0, 0.1) is 0 Å². The molecule has 1 atom stereocenters. The van der Waals surface area contributed by atoms with E-state index < -0.39 is 0 Å². The highest BCUT2D eigenvalue weighted by Crippen LogP contribution is 2.39. The van der Waals surface area contributed by atoms with Gasteiger partial charge in [0.05, 0.1) is 12.9 Å². The first-order valence-electron chi connectivity index (χ1n) is 6.72. The fourth-order valence-corrected chi connectivity index (χ4v) is 3.54. The summed E-state index contributed by atoms with van der Waals surface area (Å²) in [5, 5.41) is 0.0719. The number of rotatable bonds is 4. The third-order valence-corrected chi connectivity index (χ3v) is 4.73. The summed E-state index contributed by atoms with van der Waals surface area (Å²) in [5.74, 6) is 1.53. The molecule has 2 heterocycles. The summed E-state index contributed by atoms with van der Waals surface area (Å²) in [6.45, 7) is 0.614. The third kappa shape index (κ3) is 3.03. The lowest BCUT2D eigenvalue weighted by atomic mass is 10.2. The molecule has 1 fully saturated rings. The van der Waals surface area contributed by atoms with Crippen molar-refractivity contribution in [1.82, 2.24) is 9.88 Å². The molecule has 0 radical (unpaired) electrons. The second kappa shape index (κ2) is 6.18. The summed E-state index contributed by atoms with van der Waals surface area (Å²) < 4.78 is 5.16. The maximum absolute atomic E-state index is 12.2. The van der Waals surface area contributed by atoms with Crippen molar-refractivity contribution >= 4 is 17.7 Å². The zero-order valence-corrected chi connectivity index (χ0v) is 12.5. The quantitative estimate of drug-likeness (QED) is 0.871. The minimum atomic E-state index is 0.0719. The van der Waals surface area contributed by atoms with Gasteiger partial charge in [-0.05, 0) is 35.4 Å². The van der Waals surface area contributed by atoms with E-state index in [2.05, 4.69) is 4.98 Å². The Kier molecular flexibility index (Phi) is 4.10. The van der Waals surface area contributed by atoms with Gasteiger partial charge in [0.2, 0.25) is 5.91 Å². The molecule has 108 valence electrons. The predicted octanol–water partition coefficient (Wildman–Crippen LogP) is 2.86. The molecule has 0 N–H and O–H groups in total. The molecule has 1 aliphatic rings. The van der Waals surface area contributed by atoms with E-state index in [0.717, 1.165) is 16.9 Å². The largest absolute Gasteiger partial charge is 0.497 e. The third-order valence-electron chi connectivity index (χ3n) is 3.47. The predicted molar refractivity (Wildman–Crippen MR) is 83.0 cm³/mol. The molecule has 1 aromatic heterocycles. The van der Waals surface area contributed by atoms with Crippen LogP contribution in [0.25, 0.3) is 0 Å². The Balaban J connectivity index is 1.79. The van der Waals surface area contributed by atoms with Gasteiger partial charge in [0.1, 0.15) is 11.1 Å². The van der Waals surface area contributed by atoms with Crippen molar-refractivity contribution in [2.75, 3.05) is 12.9 Å². The Hall–Kier alpha value is -2.01. The van der Waals surface area contributed by atoms with E-state index >= 15 is 0 Å². The van der Waals surface area contributed by atoms with Crippen LogP contribution in [0.5, 0.6) is 5.75 Å². The van der Waals surface area contributed by atoms with Crippen LogP contribution in [-0.2, 0) is 11.3 Å². The van der Waals surface area contributed by atoms with Crippen molar-refractivity contribution in [3.8, 4) is 5.75 Å². The van der Waals surface area contributed by atoms with Crippen molar-refractivity contribution in [3.05, 3.63) is 59.9 Å². The SMILES string of the molecule is COc1ccc(CN2C(=O)CS[C@@H]2c2ccncc2)cc1. The van der Waals surface area contributed by atoms with Crippen LogP contribution in [-0.4, -0.2) is 28.7 Å². The number of ether oxygens (including phenoxy) is 1. The molecule has 1 aliphatic heterocycles. The molecule has 1 saturated heterocycles. The maximum atomic E-state index is 12.2. The number of thioether (sulfide) groups is 1. The van der Waals surface area contributed by atoms with Gasteiger partial charge in [-0.25, -0.2) is 0 Å². The first-order chi connectivity index (χ1) is 10.3. The van der Waals surface area contributed by atoms with Gasteiger partial charge in [-0.3, -0.25) is 9.78 Å². The summed E-state index contributed by atoms with van der Waals surface area (Å²) in [4.78, 5) is 18.1. The minimum Gasteiger partial charge on any atom is -0.497 e. The average molecular weight is 300 g/mol. The fourth-order valence-electron chi connectivity index (χ4n) is 2.36. The van der Waals surface area contributed by atoms with Crippen molar-refractivity contribution < 1.29 is 9.53 Å². The van der Waals surface area contributed by atoms with Gasteiger partial charge in [0.25, 0.3) is 0 Å². The number of amides is 1. The van der Waals surface area contributed by atoms with Crippen LogP contribution < -0.4 is 4.74 Å². The number of aromatic nitrogens is 1. The second-order valence-corrected chi connectivity index (χ2v) is 5.88. The number of benzene rings is 1.